The van der Waals surface area contributed by atoms with Crippen LogP contribution in [0, 0.1) is 5.82 Å². The highest BCUT2D eigenvalue weighted by Crippen LogP contribution is 2.25. The quantitative estimate of drug-likeness (QED) is 0.895. The number of nitrogens with one attached hydrogen (secondary N) is 1. The van der Waals surface area contributed by atoms with Gasteiger partial charge in [-0.15, -0.1) is 0 Å². The molecule has 0 aliphatic carbocycles. The third-order valence-electron chi connectivity index (χ3n) is 4.02. The zero-order valence-corrected chi connectivity index (χ0v) is 14.0. The van der Waals surface area contributed by atoms with Gasteiger partial charge >= 0.3 is 0 Å². The molecule has 1 aliphatic rings. The molecule has 0 amide bonds. The van der Waals surface area contributed by atoms with Gasteiger partial charge in [-0.25, -0.2) is 4.39 Å². The van der Waals surface area contributed by atoms with Crippen LogP contribution in [-0.4, -0.2) is 29.6 Å². The fraction of sp³-hybridized carbons (Fsp3) is 0.647. The van der Waals surface area contributed by atoms with Crippen LogP contribution < -0.4 is 5.32 Å². The van der Waals surface area contributed by atoms with Gasteiger partial charge < -0.3 is 5.32 Å². The first-order valence-electron chi connectivity index (χ1n) is 7.79. The summed E-state index contributed by atoms with van der Waals surface area (Å²) in [6.45, 7) is 9.31. The molecular weight excluding hydrogens is 287 g/mol. The van der Waals surface area contributed by atoms with E-state index in [0.29, 0.717) is 6.04 Å². The van der Waals surface area contributed by atoms with Crippen molar-refractivity contribution in [3.8, 4) is 0 Å². The van der Waals surface area contributed by atoms with Gasteiger partial charge in [-0.2, -0.15) is 0 Å². The van der Waals surface area contributed by atoms with Crippen molar-refractivity contribution in [2.24, 2.45) is 0 Å². The van der Waals surface area contributed by atoms with Gasteiger partial charge in [-0.1, -0.05) is 30.2 Å². The van der Waals surface area contributed by atoms with Gasteiger partial charge in [0.2, 0.25) is 0 Å². The van der Waals surface area contributed by atoms with Crippen LogP contribution in [0.3, 0.4) is 0 Å². The zero-order chi connectivity index (χ0) is 15.5. The molecule has 0 spiro atoms. The zero-order valence-electron chi connectivity index (χ0n) is 13.3. The Morgan fingerprint density at radius 3 is 2.81 bits per heavy atom. The Labute approximate surface area is 132 Å². The predicted molar refractivity (Wildman–Crippen MR) is 87.2 cm³/mol. The first-order valence-corrected chi connectivity index (χ1v) is 8.16. The normalized spacial score (nSPS) is 20.7. The van der Waals surface area contributed by atoms with E-state index in [4.69, 9.17) is 11.6 Å². The number of likely N-dealkylation sites (tertiary alicyclic amines) is 1. The fourth-order valence-electron chi connectivity index (χ4n) is 2.81. The monoisotopic (exact) mass is 312 g/mol. The van der Waals surface area contributed by atoms with Crippen LogP contribution in [0.4, 0.5) is 4.39 Å². The molecule has 4 heteroatoms. The molecule has 0 saturated carbocycles. The lowest BCUT2D eigenvalue weighted by Crippen LogP contribution is -2.49. The number of hydrogen-bond donors (Lipinski definition) is 1. The highest BCUT2D eigenvalue weighted by atomic mass is 35.5. The molecule has 1 aromatic rings. The first-order chi connectivity index (χ1) is 9.87. The minimum atomic E-state index is -0.324. The summed E-state index contributed by atoms with van der Waals surface area (Å²) in [5.41, 5.74) is 1.01. The van der Waals surface area contributed by atoms with E-state index in [2.05, 4.69) is 31.0 Å². The molecule has 1 N–H and O–H groups in total. The van der Waals surface area contributed by atoms with Crippen molar-refractivity contribution in [1.29, 1.82) is 0 Å². The fourth-order valence-corrected chi connectivity index (χ4v) is 3.00. The third-order valence-corrected chi connectivity index (χ3v) is 4.45. The molecule has 0 bridgehead atoms. The van der Waals surface area contributed by atoms with Gasteiger partial charge in [-0.3, -0.25) is 4.90 Å². The van der Waals surface area contributed by atoms with E-state index in [-0.39, 0.29) is 16.4 Å². The molecule has 1 atom stereocenters. The molecule has 0 aromatic heterocycles. The number of piperidine rings is 1. The summed E-state index contributed by atoms with van der Waals surface area (Å²) in [5.74, 6) is -0.324. The van der Waals surface area contributed by atoms with Crippen molar-refractivity contribution < 1.29 is 4.39 Å². The number of nitrogens with zero attached hydrogens (tertiary/aromatic N) is 1. The molecular formula is C17H26ClFN2. The second-order valence-electron chi connectivity index (χ2n) is 6.96. The average molecular weight is 313 g/mol. The van der Waals surface area contributed by atoms with Crippen molar-refractivity contribution in [3.63, 3.8) is 0 Å². The van der Waals surface area contributed by atoms with Crippen LogP contribution in [0.2, 0.25) is 5.02 Å². The van der Waals surface area contributed by atoms with E-state index in [0.717, 1.165) is 25.2 Å². The lowest BCUT2D eigenvalue weighted by Gasteiger charge is -2.37. The summed E-state index contributed by atoms with van der Waals surface area (Å²) in [6, 6.07) is 5.58. The highest BCUT2D eigenvalue weighted by molar-refractivity contribution is 6.31. The molecule has 1 fully saturated rings. The highest BCUT2D eigenvalue weighted by Gasteiger charge is 2.24. The Morgan fingerprint density at radius 1 is 1.33 bits per heavy atom. The summed E-state index contributed by atoms with van der Waals surface area (Å²) >= 11 is 6.09. The van der Waals surface area contributed by atoms with Gasteiger partial charge in [0, 0.05) is 24.7 Å². The summed E-state index contributed by atoms with van der Waals surface area (Å²) < 4.78 is 13.6. The van der Waals surface area contributed by atoms with E-state index in [1.54, 1.807) is 6.07 Å². The van der Waals surface area contributed by atoms with Crippen molar-refractivity contribution in [1.82, 2.24) is 10.2 Å². The van der Waals surface area contributed by atoms with E-state index in [1.165, 1.54) is 25.3 Å². The van der Waals surface area contributed by atoms with Crippen LogP contribution in [0.25, 0.3) is 0 Å². The Kier molecular flexibility index (Phi) is 5.64. The van der Waals surface area contributed by atoms with Crippen LogP contribution in [0.5, 0.6) is 0 Å². The van der Waals surface area contributed by atoms with Gasteiger partial charge in [0.15, 0.2) is 0 Å². The molecule has 2 nitrogen and oxygen atoms in total. The van der Waals surface area contributed by atoms with Crippen molar-refractivity contribution in [2.75, 3.05) is 13.1 Å². The Bertz CT molecular complexity index is 470. The molecule has 118 valence electrons. The third kappa shape index (κ3) is 4.94. The summed E-state index contributed by atoms with van der Waals surface area (Å²) in [5, 5.41) is 3.85. The van der Waals surface area contributed by atoms with E-state index in [1.807, 2.05) is 6.07 Å². The Balaban J connectivity index is 2.03. The summed E-state index contributed by atoms with van der Waals surface area (Å²) in [4.78, 5) is 2.43. The van der Waals surface area contributed by atoms with Crippen LogP contribution in [0.1, 0.15) is 45.6 Å². The van der Waals surface area contributed by atoms with Crippen LogP contribution in [0.15, 0.2) is 18.2 Å². The number of benzene rings is 1. The lowest BCUT2D eigenvalue weighted by atomic mass is 9.99. The largest absolute Gasteiger partial charge is 0.311 e. The molecule has 0 radical (unpaired) electrons. The smallest absolute Gasteiger partial charge is 0.142 e. The predicted octanol–water partition coefficient (Wildman–Crippen LogP) is 4.22. The second-order valence-corrected chi connectivity index (χ2v) is 7.34. The van der Waals surface area contributed by atoms with Gasteiger partial charge in [-0.05, 0) is 51.8 Å². The number of halogens is 2. The summed E-state index contributed by atoms with van der Waals surface area (Å²) in [6.07, 6.45) is 3.67. The molecule has 1 unspecified atom stereocenters. The molecule has 1 aliphatic heterocycles. The minimum Gasteiger partial charge on any atom is -0.311 e. The molecule has 1 heterocycles. The molecule has 1 aromatic carbocycles. The van der Waals surface area contributed by atoms with Crippen molar-refractivity contribution in [2.45, 2.75) is 58.2 Å². The Morgan fingerprint density at radius 2 is 2.10 bits per heavy atom. The standard InChI is InChI=1S/C17H26ClFN2/c1-17(2,3)20-11-14-8-4-5-10-21(14)12-13-7-6-9-15(19)16(13)18/h6-7,9,14,20H,4-5,8,10-12H2,1-3H3. The first kappa shape index (κ1) is 16.7. The lowest BCUT2D eigenvalue weighted by molar-refractivity contribution is 0.131. The number of hydrogen-bond acceptors (Lipinski definition) is 2. The summed E-state index contributed by atoms with van der Waals surface area (Å²) in [7, 11) is 0. The van der Waals surface area contributed by atoms with Crippen molar-refractivity contribution in [3.05, 3.63) is 34.6 Å². The maximum Gasteiger partial charge on any atom is 0.142 e. The average Bonchev–Trinajstić information content (AvgIpc) is 2.42. The van der Waals surface area contributed by atoms with E-state index < -0.39 is 0 Å². The van der Waals surface area contributed by atoms with E-state index >= 15 is 0 Å². The maximum absolute atomic E-state index is 13.6. The molecule has 2 rings (SSSR count). The van der Waals surface area contributed by atoms with E-state index in [9.17, 15) is 4.39 Å². The maximum atomic E-state index is 13.6. The minimum absolute atomic E-state index is 0.125. The van der Waals surface area contributed by atoms with Crippen LogP contribution in [-0.2, 0) is 6.54 Å². The van der Waals surface area contributed by atoms with Gasteiger partial charge in [0.05, 0.1) is 5.02 Å². The van der Waals surface area contributed by atoms with Gasteiger partial charge in [0.1, 0.15) is 5.82 Å². The van der Waals surface area contributed by atoms with Crippen LogP contribution >= 0.6 is 11.6 Å². The topological polar surface area (TPSA) is 15.3 Å². The number of rotatable bonds is 4. The second kappa shape index (κ2) is 7.08. The van der Waals surface area contributed by atoms with Crippen molar-refractivity contribution >= 4 is 11.6 Å². The SMILES string of the molecule is CC(C)(C)NCC1CCCCN1Cc1cccc(F)c1Cl. The molecule has 1 saturated heterocycles. The van der Waals surface area contributed by atoms with Gasteiger partial charge in [0.25, 0.3) is 0 Å². The Hall–Kier alpha value is -0.640. The molecule has 21 heavy (non-hydrogen) atoms.